The summed E-state index contributed by atoms with van der Waals surface area (Å²) in [6.45, 7) is 2.20. The van der Waals surface area contributed by atoms with Gasteiger partial charge in [-0.2, -0.15) is 0 Å². The number of carbonyl (C=O) groups excluding carboxylic acids is 1. The maximum Gasteiger partial charge on any atom is 0.339 e. The molecule has 5 heteroatoms. The van der Waals surface area contributed by atoms with Crippen LogP contribution in [0.25, 0.3) is 0 Å². The minimum atomic E-state index is -0.371. The van der Waals surface area contributed by atoms with Crippen LogP contribution in [0, 0.1) is 0 Å². The molecule has 1 unspecified atom stereocenters. The summed E-state index contributed by atoms with van der Waals surface area (Å²) in [4.78, 5) is 18.0. The Morgan fingerprint density at radius 1 is 1.26 bits per heavy atom. The first-order valence-corrected chi connectivity index (χ1v) is 7.69. The molecule has 0 spiro atoms. The smallest absolute Gasteiger partial charge is 0.339 e. The molecule has 1 atom stereocenters. The number of hydrogen-bond donors (Lipinski definition) is 1. The van der Waals surface area contributed by atoms with Crippen molar-refractivity contribution >= 4 is 11.8 Å². The van der Waals surface area contributed by atoms with Crippen LogP contribution in [0.3, 0.4) is 0 Å². The van der Waals surface area contributed by atoms with Crippen LogP contribution in [0.4, 0.5) is 5.82 Å². The van der Waals surface area contributed by atoms with Gasteiger partial charge in [0.15, 0.2) is 0 Å². The molecule has 122 valence electrons. The fourth-order valence-electron chi connectivity index (χ4n) is 2.47. The third-order valence-corrected chi connectivity index (χ3v) is 3.67. The first-order valence-electron chi connectivity index (χ1n) is 7.69. The van der Waals surface area contributed by atoms with E-state index in [1.165, 1.54) is 6.20 Å². The quantitative estimate of drug-likeness (QED) is 0.796. The molecule has 0 saturated carbocycles. The van der Waals surface area contributed by atoms with E-state index in [0.29, 0.717) is 18.6 Å². The molecule has 1 aromatic heterocycles. The van der Waals surface area contributed by atoms with E-state index in [-0.39, 0.29) is 18.6 Å². The highest BCUT2D eigenvalue weighted by Crippen LogP contribution is 2.26. The molecular weight excluding hydrogens is 292 g/mol. The molecule has 23 heavy (non-hydrogen) atoms. The van der Waals surface area contributed by atoms with Crippen LogP contribution in [0.5, 0.6) is 0 Å². The average Bonchev–Trinajstić information content (AvgIpc) is 2.60. The van der Waals surface area contributed by atoms with Gasteiger partial charge in [0.2, 0.25) is 0 Å². The van der Waals surface area contributed by atoms with E-state index in [0.717, 1.165) is 11.4 Å². The van der Waals surface area contributed by atoms with Gasteiger partial charge in [0.25, 0.3) is 0 Å². The van der Waals surface area contributed by atoms with Gasteiger partial charge in [-0.05, 0) is 31.0 Å². The maximum atomic E-state index is 11.7. The summed E-state index contributed by atoms with van der Waals surface area (Å²) >= 11 is 0. The van der Waals surface area contributed by atoms with Crippen LogP contribution in [-0.4, -0.2) is 36.3 Å². The van der Waals surface area contributed by atoms with Crippen LogP contribution < -0.4 is 4.90 Å². The number of benzene rings is 1. The molecule has 0 radical (unpaired) electrons. The van der Waals surface area contributed by atoms with E-state index in [2.05, 4.69) is 4.98 Å². The normalized spacial score (nSPS) is 11.8. The van der Waals surface area contributed by atoms with Crippen molar-refractivity contribution in [3.05, 3.63) is 59.8 Å². The fourth-order valence-corrected chi connectivity index (χ4v) is 2.47. The summed E-state index contributed by atoms with van der Waals surface area (Å²) in [5.74, 6) is 0.365. The first kappa shape index (κ1) is 17.0. The lowest BCUT2D eigenvalue weighted by Crippen LogP contribution is -2.26. The van der Waals surface area contributed by atoms with Crippen molar-refractivity contribution in [2.24, 2.45) is 0 Å². The second kappa shape index (κ2) is 8.29. The van der Waals surface area contributed by atoms with Crippen LogP contribution in [0.1, 0.15) is 35.3 Å². The van der Waals surface area contributed by atoms with Crippen LogP contribution in [0.15, 0.2) is 48.7 Å². The average molecular weight is 314 g/mol. The molecule has 2 aromatic rings. The third-order valence-electron chi connectivity index (χ3n) is 3.67. The lowest BCUT2D eigenvalue weighted by atomic mass is 10.0. The molecule has 1 heterocycles. The van der Waals surface area contributed by atoms with Gasteiger partial charge in [-0.3, -0.25) is 0 Å². The predicted molar refractivity (Wildman–Crippen MR) is 89.5 cm³/mol. The standard InChI is InChI=1S/C18H22N2O3/c1-3-23-18(22)15-9-10-17(19-13-15)20(2)16(11-12-21)14-7-5-4-6-8-14/h4-10,13,16,21H,3,11-12H2,1-2H3. The SMILES string of the molecule is CCOC(=O)c1ccc(N(C)C(CCO)c2ccccc2)nc1. The van der Waals surface area contributed by atoms with Crippen LogP contribution in [-0.2, 0) is 4.74 Å². The second-order valence-electron chi connectivity index (χ2n) is 5.18. The molecule has 0 fully saturated rings. The molecule has 1 N–H and O–H groups in total. The molecule has 1 aromatic carbocycles. The summed E-state index contributed by atoms with van der Waals surface area (Å²) in [6, 6.07) is 13.5. The van der Waals surface area contributed by atoms with Crippen LogP contribution >= 0.6 is 0 Å². The van der Waals surface area contributed by atoms with E-state index in [1.54, 1.807) is 19.1 Å². The number of carbonyl (C=O) groups is 1. The zero-order valence-electron chi connectivity index (χ0n) is 13.5. The number of esters is 1. The van der Waals surface area contributed by atoms with Gasteiger partial charge in [-0.15, -0.1) is 0 Å². The van der Waals surface area contributed by atoms with Gasteiger partial charge in [-0.1, -0.05) is 30.3 Å². The topological polar surface area (TPSA) is 62.7 Å². The molecular formula is C18H22N2O3. The van der Waals surface area contributed by atoms with Crippen LogP contribution in [0.2, 0.25) is 0 Å². The largest absolute Gasteiger partial charge is 0.462 e. The minimum Gasteiger partial charge on any atom is -0.462 e. The van der Waals surface area contributed by atoms with Crippen molar-refractivity contribution in [2.75, 3.05) is 25.2 Å². The summed E-state index contributed by atoms with van der Waals surface area (Å²) in [5.41, 5.74) is 1.54. The van der Waals surface area contributed by atoms with Crippen molar-refractivity contribution in [3.63, 3.8) is 0 Å². The van der Waals surface area contributed by atoms with E-state index < -0.39 is 0 Å². The van der Waals surface area contributed by atoms with E-state index in [1.807, 2.05) is 42.3 Å². The highest BCUT2D eigenvalue weighted by atomic mass is 16.5. The Kier molecular flexibility index (Phi) is 6.11. The summed E-state index contributed by atoms with van der Waals surface area (Å²) in [6.07, 6.45) is 2.12. The van der Waals surface area contributed by atoms with Gasteiger partial charge >= 0.3 is 5.97 Å². The lowest BCUT2D eigenvalue weighted by molar-refractivity contribution is 0.0526. The molecule has 5 nitrogen and oxygen atoms in total. The van der Waals surface area contributed by atoms with Crippen molar-refractivity contribution in [1.82, 2.24) is 4.98 Å². The van der Waals surface area contributed by atoms with Crippen molar-refractivity contribution < 1.29 is 14.6 Å². The van der Waals surface area contributed by atoms with Crippen molar-refractivity contribution in [1.29, 1.82) is 0 Å². The predicted octanol–water partition coefficient (Wildman–Crippen LogP) is 2.82. The first-order chi connectivity index (χ1) is 11.2. The molecule has 0 aliphatic carbocycles. The number of nitrogens with zero attached hydrogens (tertiary/aromatic N) is 2. The molecule has 0 bridgehead atoms. The number of hydrogen-bond acceptors (Lipinski definition) is 5. The minimum absolute atomic E-state index is 0.0159. The van der Waals surface area contributed by atoms with Gasteiger partial charge in [0.1, 0.15) is 5.82 Å². The number of pyridine rings is 1. The molecule has 0 saturated heterocycles. The number of rotatable bonds is 7. The van der Waals surface area contributed by atoms with Gasteiger partial charge in [0.05, 0.1) is 18.2 Å². The van der Waals surface area contributed by atoms with Gasteiger partial charge in [0, 0.05) is 19.9 Å². The lowest BCUT2D eigenvalue weighted by Gasteiger charge is -2.29. The van der Waals surface area contributed by atoms with Gasteiger partial charge in [-0.25, -0.2) is 9.78 Å². The fraction of sp³-hybridized carbons (Fsp3) is 0.333. The van der Waals surface area contributed by atoms with E-state index in [4.69, 9.17) is 4.74 Å². The monoisotopic (exact) mass is 314 g/mol. The molecule has 0 aliphatic rings. The molecule has 2 rings (SSSR count). The zero-order valence-corrected chi connectivity index (χ0v) is 13.5. The Labute approximate surface area is 136 Å². The second-order valence-corrected chi connectivity index (χ2v) is 5.18. The van der Waals surface area contributed by atoms with Crippen molar-refractivity contribution in [2.45, 2.75) is 19.4 Å². The Morgan fingerprint density at radius 3 is 2.57 bits per heavy atom. The highest BCUT2D eigenvalue weighted by molar-refractivity contribution is 5.89. The summed E-state index contributed by atoms with van der Waals surface area (Å²) < 4.78 is 4.96. The number of aliphatic hydroxyl groups excluding tert-OH is 1. The highest BCUT2D eigenvalue weighted by Gasteiger charge is 2.18. The number of ether oxygens (including phenoxy) is 1. The Balaban J connectivity index is 2.20. The zero-order chi connectivity index (χ0) is 16.7. The third kappa shape index (κ3) is 4.29. The maximum absolute atomic E-state index is 11.7. The molecule has 0 aliphatic heterocycles. The Hall–Kier alpha value is -2.40. The number of aliphatic hydroxyl groups is 1. The Bertz CT molecular complexity index is 614. The Morgan fingerprint density at radius 2 is 2.00 bits per heavy atom. The van der Waals surface area contributed by atoms with Crippen molar-refractivity contribution in [3.8, 4) is 0 Å². The van der Waals surface area contributed by atoms with E-state index in [9.17, 15) is 9.90 Å². The number of anilines is 1. The van der Waals surface area contributed by atoms with E-state index >= 15 is 0 Å². The number of aromatic nitrogens is 1. The summed E-state index contributed by atoms with van der Waals surface area (Å²) in [5, 5.41) is 9.36. The summed E-state index contributed by atoms with van der Waals surface area (Å²) in [7, 11) is 1.93. The van der Waals surface area contributed by atoms with Gasteiger partial charge < -0.3 is 14.7 Å². The molecule has 0 amide bonds.